The Morgan fingerprint density at radius 2 is 2.11 bits per heavy atom. The number of pyridine rings is 1. The maximum atomic E-state index is 11.9. The van der Waals surface area contributed by atoms with Crippen LogP contribution < -0.4 is 5.32 Å². The highest BCUT2D eigenvalue weighted by Gasteiger charge is 2.13. The number of fused-ring (bicyclic) bond motifs is 1. The molecule has 1 heterocycles. The summed E-state index contributed by atoms with van der Waals surface area (Å²) in [4.78, 5) is 26.3. The van der Waals surface area contributed by atoms with Crippen LogP contribution in [-0.2, 0) is 4.79 Å². The van der Waals surface area contributed by atoms with Crippen molar-refractivity contribution in [1.82, 2.24) is 10.3 Å². The lowest BCUT2D eigenvalue weighted by Gasteiger charge is -2.07. The normalized spacial score (nSPS) is 10.3. The number of aryl methyl sites for hydroxylation is 1. The predicted octanol–water partition coefficient (Wildman–Crippen LogP) is 1.36. The van der Waals surface area contributed by atoms with Crippen LogP contribution in [0.2, 0.25) is 0 Å². The van der Waals surface area contributed by atoms with Crippen LogP contribution in [0.4, 0.5) is 0 Å². The number of aromatic nitrogens is 1. The van der Waals surface area contributed by atoms with Crippen molar-refractivity contribution in [2.45, 2.75) is 6.92 Å². The molecule has 1 aromatic carbocycles. The van der Waals surface area contributed by atoms with E-state index in [-0.39, 0.29) is 5.69 Å². The predicted molar refractivity (Wildman–Crippen MR) is 66.4 cm³/mol. The molecule has 5 nitrogen and oxygen atoms in total. The van der Waals surface area contributed by atoms with Gasteiger partial charge in [0.15, 0.2) is 0 Å². The molecule has 0 unspecified atom stereocenters. The van der Waals surface area contributed by atoms with Gasteiger partial charge in [-0.05, 0) is 23.9 Å². The first-order chi connectivity index (χ1) is 8.59. The SMILES string of the molecule is Cc1cccc2ccnc(C(=O)NCC(=O)O)c12. The highest BCUT2D eigenvalue weighted by atomic mass is 16.4. The molecule has 0 aliphatic carbocycles. The maximum absolute atomic E-state index is 11.9. The minimum absolute atomic E-state index is 0.256. The molecule has 0 aliphatic heterocycles. The van der Waals surface area contributed by atoms with Gasteiger partial charge < -0.3 is 10.4 Å². The Bertz CT molecular complexity index is 617. The van der Waals surface area contributed by atoms with Crippen molar-refractivity contribution in [3.05, 3.63) is 41.7 Å². The molecule has 2 N–H and O–H groups in total. The number of hydrogen-bond acceptors (Lipinski definition) is 3. The summed E-state index contributed by atoms with van der Waals surface area (Å²) in [7, 11) is 0. The Morgan fingerprint density at radius 1 is 1.33 bits per heavy atom. The van der Waals surface area contributed by atoms with Gasteiger partial charge in [-0.1, -0.05) is 18.2 Å². The summed E-state index contributed by atoms with van der Waals surface area (Å²) in [6, 6.07) is 7.49. The number of carbonyl (C=O) groups is 2. The third-order valence-electron chi connectivity index (χ3n) is 2.61. The molecule has 0 saturated carbocycles. The van der Waals surface area contributed by atoms with Gasteiger partial charge in [-0.15, -0.1) is 0 Å². The van der Waals surface area contributed by atoms with Crippen LogP contribution in [0, 0.1) is 6.92 Å². The monoisotopic (exact) mass is 244 g/mol. The van der Waals surface area contributed by atoms with Crippen LogP contribution in [-0.4, -0.2) is 28.5 Å². The Kier molecular flexibility index (Phi) is 3.23. The van der Waals surface area contributed by atoms with E-state index in [9.17, 15) is 9.59 Å². The summed E-state index contributed by atoms with van der Waals surface area (Å²) in [5.41, 5.74) is 1.19. The number of carboxylic acid groups (broad SMARTS) is 1. The molecule has 92 valence electrons. The lowest BCUT2D eigenvalue weighted by Crippen LogP contribution is -2.30. The van der Waals surface area contributed by atoms with Gasteiger partial charge in [0, 0.05) is 11.6 Å². The van der Waals surface area contributed by atoms with Gasteiger partial charge in [0.05, 0.1) is 0 Å². The highest BCUT2D eigenvalue weighted by molar-refractivity contribution is 6.06. The number of amides is 1. The van der Waals surface area contributed by atoms with Gasteiger partial charge in [-0.25, -0.2) is 0 Å². The topological polar surface area (TPSA) is 79.3 Å². The number of carbonyl (C=O) groups excluding carboxylic acids is 1. The molecule has 0 aliphatic rings. The molecule has 0 bridgehead atoms. The van der Waals surface area contributed by atoms with Gasteiger partial charge >= 0.3 is 5.97 Å². The molecule has 18 heavy (non-hydrogen) atoms. The number of hydrogen-bond donors (Lipinski definition) is 2. The van der Waals surface area contributed by atoms with Crippen LogP contribution in [0.5, 0.6) is 0 Å². The second-order valence-corrected chi connectivity index (χ2v) is 3.91. The van der Waals surface area contributed by atoms with Crippen molar-refractivity contribution in [3.63, 3.8) is 0 Å². The van der Waals surface area contributed by atoms with Crippen LogP contribution in [0.3, 0.4) is 0 Å². The standard InChI is InChI=1S/C13H12N2O3/c1-8-3-2-4-9-5-6-14-12(11(8)9)13(18)15-7-10(16)17/h2-6H,7H2,1H3,(H,15,18)(H,16,17). The Labute approximate surface area is 103 Å². The Hall–Kier alpha value is -2.43. The minimum Gasteiger partial charge on any atom is -0.480 e. The van der Waals surface area contributed by atoms with Crippen molar-refractivity contribution < 1.29 is 14.7 Å². The Morgan fingerprint density at radius 3 is 2.83 bits per heavy atom. The fraction of sp³-hybridized carbons (Fsp3) is 0.154. The Balaban J connectivity index is 2.44. The van der Waals surface area contributed by atoms with E-state index in [4.69, 9.17) is 5.11 Å². The van der Waals surface area contributed by atoms with Gasteiger partial charge in [-0.2, -0.15) is 0 Å². The second-order valence-electron chi connectivity index (χ2n) is 3.91. The third kappa shape index (κ3) is 2.29. The third-order valence-corrected chi connectivity index (χ3v) is 2.61. The van der Waals surface area contributed by atoms with E-state index in [0.29, 0.717) is 0 Å². The molecule has 0 radical (unpaired) electrons. The van der Waals surface area contributed by atoms with Crippen molar-refractivity contribution in [1.29, 1.82) is 0 Å². The zero-order chi connectivity index (χ0) is 13.1. The zero-order valence-corrected chi connectivity index (χ0v) is 9.80. The molecule has 5 heteroatoms. The molecule has 2 rings (SSSR count). The van der Waals surface area contributed by atoms with Crippen LogP contribution in [0.1, 0.15) is 16.1 Å². The van der Waals surface area contributed by atoms with Gasteiger partial charge in [-0.3, -0.25) is 14.6 Å². The first kappa shape index (κ1) is 12.0. The molecule has 1 amide bonds. The number of benzene rings is 1. The number of aliphatic carboxylic acids is 1. The van der Waals surface area contributed by atoms with E-state index in [0.717, 1.165) is 16.3 Å². The number of rotatable bonds is 3. The van der Waals surface area contributed by atoms with Crippen LogP contribution in [0.25, 0.3) is 10.8 Å². The quantitative estimate of drug-likeness (QED) is 0.854. The molecule has 0 fully saturated rings. The average Bonchev–Trinajstić information content (AvgIpc) is 2.35. The van der Waals surface area contributed by atoms with E-state index in [1.54, 1.807) is 0 Å². The molecular weight excluding hydrogens is 232 g/mol. The van der Waals surface area contributed by atoms with Crippen LogP contribution in [0.15, 0.2) is 30.5 Å². The van der Waals surface area contributed by atoms with Gasteiger partial charge in [0.25, 0.3) is 5.91 Å². The van der Waals surface area contributed by atoms with Crippen molar-refractivity contribution >= 4 is 22.6 Å². The minimum atomic E-state index is -1.08. The summed E-state index contributed by atoms with van der Waals surface area (Å²) in [6.07, 6.45) is 1.54. The van der Waals surface area contributed by atoms with Crippen LogP contribution >= 0.6 is 0 Å². The largest absolute Gasteiger partial charge is 0.480 e. The second kappa shape index (κ2) is 4.83. The smallest absolute Gasteiger partial charge is 0.322 e. The molecular formula is C13H12N2O3. The van der Waals surface area contributed by atoms with Crippen molar-refractivity contribution in [2.75, 3.05) is 6.54 Å². The van der Waals surface area contributed by atoms with Gasteiger partial charge in [0.2, 0.25) is 0 Å². The number of nitrogens with zero attached hydrogens (tertiary/aromatic N) is 1. The summed E-state index contributed by atoms with van der Waals surface area (Å²) in [5, 5.41) is 12.5. The first-order valence-electron chi connectivity index (χ1n) is 5.44. The number of carboxylic acids is 1. The molecule has 0 saturated heterocycles. The van der Waals surface area contributed by atoms with Crippen molar-refractivity contribution in [2.24, 2.45) is 0 Å². The van der Waals surface area contributed by atoms with E-state index in [2.05, 4.69) is 10.3 Å². The van der Waals surface area contributed by atoms with E-state index in [1.807, 2.05) is 31.2 Å². The summed E-state index contributed by atoms with van der Waals surface area (Å²) >= 11 is 0. The zero-order valence-electron chi connectivity index (χ0n) is 9.80. The lowest BCUT2D eigenvalue weighted by molar-refractivity contribution is -0.135. The molecule has 1 aromatic heterocycles. The highest BCUT2D eigenvalue weighted by Crippen LogP contribution is 2.20. The average molecular weight is 244 g/mol. The first-order valence-corrected chi connectivity index (χ1v) is 5.44. The lowest BCUT2D eigenvalue weighted by atomic mass is 10.0. The molecule has 0 atom stereocenters. The van der Waals surface area contributed by atoms with Crippen molar-refractivity contribution in [3.8, 4) is 0 Å². The fourth-order valence-corrected chi connectivity index (χ4v) is 1.82. The van der Waals surface area contributed by atoms with Gasteiger partial charge in [0.1, 0.15) is 12.2 Å². The molecule has 0 spiro atoms. The fourth-order valence-electron chi connectivity index (χ4n) is 1.82. The summed E-state index contributed by atoms with van der Waals surface area (Å²) < 4.78 is 0. The molecule has 2 aromatic rings. The summed E-state index contributed by atoms with van der Waals surface area (Å²) in [5.74, 6) is -1.56. The number of nitrogens with one attached hydrogen (secondary N) is 1. The van der Waals surface area contributed by atoms with E-state index >= 15 is 0 Å². The van der Waals surface area contributed by atoms with E-state index in [1.165, 1.54) is 6.20 Å². The summed E-state index contributed by atoms with van der Waals surface area (Å²) in [6.45, 7) is 1.47. The van der Waals surface area contributed by atoms with E-state index < -0.39 is 18.4 Å². The maximum Gasteiger partial charge on any atom is 0.322 e.